The van der Waals surface area contributed by atoms with E-state index in [0.29, 0.717) is 23.0 Å². The van der Waals surface area contributed by atoms with Crippen molar-refractivity contribution in [1.29, 1.82) is 0 Å². The van der Waals surface area contributed by atoms with Crippen LogP contribution in [0.15, 0.2) is 53.7 Å². The van der Waals surface area contributed by atoms with Gasteiger partial charge in [-0.15, -0.1) is 0 Å². The molecule has 3 N–H and O–H groups in total. The monoisotopic (exact) mass is 487 g/mol. The zero-order valence-corrected chi connectivity index (χ0v) is 17.5. The van der Waals surface area contributed by atoms with Gasteiger partial charge in [-0.1, -0.05) is 18.2 Å². The smallest absolute Gasteiger partial charge is 0.282 e. The lowest BCUT2D eigenvalue weighted by Crippen LogP contribution is -2.29. The molecule has 0 unspecified atom stereocenters. The van der Waals surface area contributed by atoms with Crippen LogP contribution in [0.2, 0.25) is 0 Å². The van der Waals surface area contributed by atoms with Crippen LogP contribution in [-0.4, -0.2) is 24.1 Å². The van der Waals surface area contributed by atoms with Gasteiger partial charge in [0.25, 0.3) is 5.56 Å². The molecule has 1 aromatic carbocycles. The zero-order chi connectivity index (χ0) is 19.8. The minimum Gasteiger partial charge on any atom is -0.383 e. The van der Waals surface area contributed by atoms with E-state index in [1.807, 2.05) is 50.2 Å². The normalized spacial score (nSPS) is 12.2. The number of halogens is 1. The summed E-state index contributed by atoms with van der Waals surface area (Å²) in [6, 6.07) is 11.1. The lowest BCUT2D eigenvalue weighted by molar-refractivity contribution is 0.672. The van der Waals surface area contributed by atoms with E-state index in [1.165, 1.54) is 6.33 Å². The van der Waals surface area contributed by atoms with Crippen LogP contribution in [0.25, 0.3) is 11.2 Å². The van der Waals surface area contributed by atoms with Gasteiger partial charge in [-0.2, -0.15) is 5.10 Å². The van der Waals surface area contributed by atoms with Crippen molar-refractivity contribution in [3.8, 4) is 5.69 Å². The summed E-state index contributed by atoms with van der Waals surface area (Å²) in [4.78, 5) is 21.6. The van der Waals surface area contributed by atoms with Crippen LogP contribution in [0, 0.1) is 10.5 Å². The number of nitrogen functional groups attached to an aromatic ring is 1. The standard InChI is InChI=1S/C19H18IN7O/c1-11-8-9-26-15(11)19(28)27(13-6-4-3-5-7-13)18(25-26)12(2)24-17-14(20)16(21)22-10-23-17/h3-10,12H,1-2H3,(H3,21,22,23,24)/t12-/m0/s1. The summed E-state index contributed by atoms with van der Waals surface area (Å²) in [5.41, 5.74) is 7.95. The molecular formula is C19H18IN7O. The van der Waals surface area contributed by atoms with Crippen molar-refractivity contribution >= 4 is 39.7 Å². The maximum atomic E-state index is 13.3. The van der Waals surface area contributed by atoms with E-state index in [2.05, 4.69) is 37.9 Å². The number of benzene rings is 1. The first-order valence-electron chi connectivity index (χ1n) is 8.66. The van der Waals surface area contributed by atoms with Gasteiger partial charge in [0.2, 0.25) is 0 Å². The molecule has 0 aliphatic rings. The molecule has 0 bridgehead atoms. The predicted molar refractivity (Wildman–Crippen MR) is 117 cm³/mol. The van der Waals surface area contributed by atoms with Crippen molar-refractivity contribution in [1.82, 2.24) is 24.1 Å². The van der Waals surface area contributed by atoms with Crippen molar-refractivity contribution in [2.75, 3.05) is 11.1 Å². The van der Waals surface area contributed by atoms with Crippen molar-refractivity contribution in [2.45, 2.75) is 19.9 Å². The van der Waals surface area contributed by atoms with Crippen molar-refractivity contribution < 1.29 is 0 Å². The highest BCUT2D eigenvalue weighted by Crippen LogP contribution is 2.24. The number of rotatable bonds is 4. The Balaban J connectivity index is 1.90. The highest BCUT2D eigenvalue weighted by atomic mass is 127. The third kappa shape index (κ3) is 3.11. The molecule has 28 heavy (non-hydrogen) atoms. The Labute approximate surface area is 174 Å². The van der Waals surface area contributed by atoms with Gasteiger partial charge in [-0.05, 0) is 60.2 Å². The van der Waals surface area contributed by atoms with Gasteiger partial charge < -0.3 is 11.1 Å². The van der Waals surface area contributed by atoms with Crippen LogP contribution >= 0.6 is 22.6 Å². The summed E-state index contributed by atoms with van der Waals surface area (Å²) >= 11 is 2.10. The number of hydrogen-bond acceptors (Lipinski definition) is 6. The number of anilines is 2. The summed E-state index contributed by atoms with van der Waals surface area (Å²) in [7, 11) is 0. The maximum absolute atomic E-state index is 13.3. The fourth-order valence-electron chi connectivity index (χ4n) is 3.09. The van der Waals surface area contributed by atoms with Crippen LogP contribution in [0.3, 0.4) is 0 Å². The number of fused-ring (bicyclic) bond motifs is 1. The minimum absolute atomic E-state index is 0.121. The fourth-order valence-corrected chi connectivity index (χ4v) is 3.53. The Morgan fingerprint density at radius 2 is 1.93 bits per heavy atom. The van der Waals surface area contributed by atoms with Gasteiger partial charge in [0.1, 0.15) is 23.5 Å². The Morgan fingerprint density at radius 1 is 1.18 bits per heavy atom. The van der Waals surface area contributed by atoms with Crippen molar-refractivity contribution in [3.05, 3.63) is 74.2 Å². The molecule has 4 rings (SSSR count). The largest absolute Gasteiger partial charge is 0.383 e. The van der Waals surface area contributed by atoms with E-state index >= 15 is 0 Å². The van der Waals surface area contributed by atoms with Gasteiger partial charge in [0.15, 0.2) is 5.82 Å². The molecule has 3 heterocycles. The Morgan fingerprint density at radius 3 is 2.68 bits per heavy atom. The van der Waals surface area contributed by atoms with Gasteiger partial charge in [-0.3, -0.25) is 9.36 Å². The van der Waals surface area contributed by atoms with Gasteiger partial charge in [0.05, 0.1) is 15.3 Å². The summed E-state index contributed by atoms with van der Waals surface area (Å²) in [5.74, 6) is 1.56. The lowest BCUT2D eigenvalue weighted by atomic mass is 10.2. The van der Waals surface area contributed by atoms with Crippen molar-refractivity contribution in [2.24, 2.45) is 0 Å². The van der Waals surface area contributed by atoms with Gasteiger partial charge >= 0.3 is 0 Å². The molecule has 142 valence electrons. The molecule has 0 saturated carbocycles. The Kier molecular flexibility index (Phi) is 4.75. The molecule has 3 aromatic heterocycles. The number of nitrogens with one attached hydrogen (secondary N) is 1. The average Bonchev–Trinajstić information content (AvgIpc) is 3.07. The van der Waals surface area contributed by atoms with Gasteiger partial charge in [-0.25, -0.2) is 14.5 Å². The predicted octanol–water partition coefficient (Wildman–Crippen LogP) is 2.94. The SMILES string of the molecule is Cc1ccn2nc([C@H](C)Nc3ncnc(N)c3I)n(-c3ccccc3)c(=O)c12. The highest BCUT2D eigenvalue weighted by molar-refractivity contribution is 14.1. The Bertz CT molecular complexity index is 1220. The summed E-state index contributed by atoms with van der Waals surface area (Å²) in [6.45, 7) is 3.83. The molecule has 4 aromatic rings. The molecule has 0 aliphatic heterocycles. The van der Waals surface area contributed by atoms with E-state index < -0.39 is 0 Å². The van der Waals surface area contributed by atoms with Gasteiger partial charge in [0, 0.05) is 6.20 Å². The first kappa shape index (κ1) is 18.4. The fraction of sp³-hybridized carbons (Fsp3) is 0.158. The molecule has 0 radical (unpaired) electrons. The quantitative estimate of drug-likeness (QED) is 0.430. The molecule has 0 fully saturated rings. The van der Waals surface area contributed by atoms with E-state index in [9.17, 15) is 4.79 Å². The summed E-state index contributed by atoms with van der Waals surface area (Å²) in [5, 5.41) is 8.02. The lowest BCUT2D eigenvalue weighted by Gasteiger charge is -2.20. The average molecular weight is 487 g/mol. The van der Waals surface area contributed by atoms with Crippen LogP contribution in [-0.2, 0) is 0 Å². The molecule has 9 heteroatoms. The molecule has 1 atom stereocenters. The molecule has 0 spiro atoms. The van der Waals surface area contributed by atoms with E-state index in [4.69, 9.17) is 10.8 Å². The van der Waals surface area contributed by atoms with E-state index in [-0.39, 0.29) is 11.6 Å². The molecule has 8 nitrogen and oxygen atoms in total. The van der Waals surface area contributed by atoms with E-state index in [1.54, 1.807) is 15.3 Å². The minimum atomic E-state index is -0.317. The number of aromatic nitrogens is 5. The second kappa shape index (κ2) is 7.23. The zero-order valence-electron chi connectivity index (χ0n) is 15.3. The Hall–Kier alpha value is -2.95. The third-order valence-corrected chi connectivity index (χ3v) is 5.55. The molecule has 0 saturated heterocycles. The first-order chi connectivity index (χ1) is 13.5. The third-order valence-electron chi connectivity index (χ3n) is 4.48. The second-order valence-corrected chi connectivity index (χ2v) is 7.49. The second-order valence-electron chi connectivity index (χ2n) is 6.41. The van der Waals surface area contributed by atoms with Crippen LogP contribution in [0.4, 0.5) is 11.6 Å². The molecule has 0 aliphatic carbocycles. The maximum Gasteiger partial charge on any atom is 0.282 e. The molecular weight excluding hydrogens is 469 g/mol. The van der Waals surface area contributed by atoms with Crippen LogP contribution in [0.5, 0.6) is 0 Å². The summed E-state index contributed by atoms with van der Waals surface area (Å²) in [6.07, 6.45) is 3.20. The van der Waals surface area contributed by atoms with Crippen LogP contribution < -0.4 is 16.6 Å². The number of aryl methyl sites for hydroxylation is 1. The summed E-state index contributed by atoms with van der Waals surface area (Å²) < 4.78 is 3.99. The number of hydrogen-bond donors (Lipinski definition) is 2. The topological polar surface area (TPSA) is 103 Å². The first-order valence-corrected chi connectivity index (χ1v) is 9.74. The molecule has 0 amide bonds. The van der Waals surface area contributed by atoms with Crippen LogP contribution in [0.1, 0.15) is 24.4 Å². The van der Waals surface area contributed by atoms with E-state index in [0.717, 1.165) is 14.8 Å². The van der Waals surface area contributed by atoms with Crippen molar-refractivity contribution in [3.63, 3.8) is 0 Å². The number of nitrogens with zero attached hydrogens (tertiary/aromatic N) is 5. The number of nitrogens with two attached hydrogens (primary N) is 1. The highest BCUT2D eigenvalue weighted by Gasteiger charge is 2.20. The number of para-hydroxylation sites is 1.